The molecule has 0 bridgehead atoms. The topological polar surface area (TPSA) is 79.3 Å². The molecule has 1 aromatic heterocycles. The number of hydrogen-bond acceptors (Lipinski definition) is 5. The number of carboxylic acid groups (broad SMARTS) is 1. The van der Waals surface area contributed by atoms with Crippen LogP contribution in [0.15, 0.2) is 5.38 Å². The van der Waals surface area contributed by atoms with Gasteiger partial charge in [-0.2, -0.15) is 11.8 Å². The first-order chi connectivity index (χ1) is 7.99. The second-order valence-corrected chi connectivity index (χ2v) is 5.56. The minimum atomic E-state index is -1.01. The molecule has 0 saturated carbocycles. The lowest BCUT2D eigenvalue weighted by Gasteiger charge is -2.11. The van der Waals surface area contributed by atoms with Gasteiger partial charge >= 0.3 is 5.97 Å². The Hall–Kier alpha value is -1.08. The van der Waals surface area contributed by atoms with Gasteiger partial charge in [0, 0.05) is 23.8 Å². The van der Waals surface area contributed by atoms with Crippen LogP contribution in [0.1, 0.15) is 17.6 Å². The van der Waals surface area contributed by atoms with E-state index < -0.39 is 12.0 Å². The summed E-state index contributed by atoms with van der Waals surface area (Å²) in [6, 6.07) is -0.836. The Labute approximate surface area is 108 Å². The lowest BCUT2D eigenvalue weighted by Crippen LogP contribution is -2.41. The molecule has 0 spiro atoms. The Morgan fingerprint density at radius 1 is 1.65 bits per heavy atom. The predicted molar refractivity (Wildman–Crippen MR) is 68.3 cm³/mol. The summed E-state index contributed by atoms with van der Waals surface area (Å²) in [7, 11) is 0. The van der Waals surface area contributed by atoms with E-state index in [4.69, 9.17) is 5.11 Å². The molecule has 17 heavy (non-hydrogen) atoms. The maximum Gasteiger partial charge on any atom is 0.327 e. The Balaban J connectivity index is 2.37. The second-order valence-electron chi connectivity index (χ2n) is 3.46. The number of carbonyl (C=O) groups excluding carboxylic acids is 1. The van der Waals surface area contributed by atoms with E-state index in [2.05, 4.69) is 10.3 Å². The molecule has 1 amide bonds. The Bertz CT molecular complexity index is 406. The van der Waals surface area contributed by atoms with Gasteiger partial charge in [-0.25, -0.2) is 9.78 Å². The molecule has 0 aromatic carbocycles. The average Bonchev–Trinajstić information content (AvgIpc) is 2.62. The van der Waals surface area contributed by atoms with Crippen LogP contribution in [0, 0.1) is 6.92 Å². The average molecular weight is 274 g/mol. The van der Waals surface area contributed by atoms with Crippen LogP contribution >= 0.6 is 23.1 Å². The number of carbonyl (C=O) groups is 2. The monoisotopic (exact) mass is 274 g/mol. The SMILES string of the molecule is CC(=O)NC(CSCc1csc(C)n1)C(=O)O. The third kappa shape index (κ3) is 5.18. The Kier molecular flexibility index (Phi) is 5.43. The van der Waals surface area contributed by atoms with E-state index in [0.29, 0.717) is 11.5 Å². The molecule has 94 valence electrons. The molecule has 1 aromatic rings. The van der Waals surface area contributed by atoms with E-state index in [9.17, 15) is 9.59 Å². The fourth-order valence-electron chi connectivity index (χ4n) is 1.18. The van der Waals surface area contributed by atoms with Crippen molar-refractivity contribution in [2.45, 2.75) is 25.6 Å². The van der Waals surface area contributed by atoms with Gasteiger partial charge in [0.2, 0.25) is 5.91 Å². The van der Waals surface area contributed by atoms with Gasteiger partial charge in [0.25, 0.3) is 0 Å². The zero-order valence-corrected chi connectivity index (χ0v) is 11.2. The van der Waals surface area contributed by atoms with Crippen molar-refractivity contribution in [3.63, 3.8) is 0 Å². The lowest BCUT2D eigenvalue weighted by atomic mass is 10.3. The van der Waals surface area contributed by atoms with Crippen LogP contribution in [0.3, 0.4) is 0 Å². The summed E-state index contributed by atoms with van der Waals surface area (Å²) in [5, 5.41) is 14.2. The van der Waals surface area contributed by atoms with Crippen molar-refractivity contribution in [1.82, 2.24) is 10.3 Å². The number of amides is 1. The molecule has 0 fully saturated rings. The smallest absolute Gasteiger partial charge is 0.327 e. The molecule has 7 heteroatoms. The molecule has 5 nitrogen and oxygen atoms in total. The fourth-order valence-corrected chi connectivity index (χ4v) is 2.83. The standard InChI is InChI=1S/C10H14N2O3S2/c1-6(13)11-9(10(14)15)5-16-3-8-4-17-7(2)12-8/h4,9H,3,5H2,1-2H3,(H,11,13)(H,14,15). The number of aryl methyl sites for hydroxylation is 1. The summed E-state index contributed by atoms with van der Waals surface area (Å²) < 4.78 is 0. The van der Waals surface area contributed by atoms with E-state index in [0.717, 1.165) is 10.7 Å². The Morgan fingerprint density at radius 3 is 2.82 bits per heavy atom. The van der Waals surface area contributed by atoms with Crippen LogP contribution in [0.2, 0.25) is 0 Å². The van der Waals surface area contributed by atoms with E-state index in [-0.39, 0.29) is 5.91 Å². The number of rotatable bonds is 6. The molecule has 0 aliphatic heterocycles. The highest BCUT2D eigenvalue weighted by molar-refractivity contribution is 7.98. The van der Waals surface area contributed by atoms with Crippen molar-refractivity contribution in [3.8, 4) is 0 Å². The number of nitrogens with zero attached hydrogens (tertiary/aromatic N) is 1. The quantitative estimate of drug-likeness (QED) is 0.816. The van der Waals surface area contributed by atoms with Gasteiger partial charge in [0.1, 0.15) is 6.04 Å². The van der Waals surface area contributed by atoms with E-state index in [1.807, 2.05) is 12.3 Å². The fraction of sp³-hybridized carbons (Fsp3) is 0.500. The third-order valence-electron chi connectivity index (χ3n) is 1.88. The molecule has 1 atom stereocenters. The van der Waals surface area contributed by atoms with Crippen molar-refractivity contribution in [3.05, 3.63) is 16.1 Å². The molecule has 0 saturated heterocycles. The molecular formula is C10H14N2O3S2. The number of aromatic nitrogens is 1. The van der Waals surface area contributed by atoms with Crippen LogP contribution in [-0.2, 0) is 15.3 Å². The Morgan fingerprint density at radius 2 is 2.35 bits per heavy atom. The molecule has 0 radical (unpaired) electrons. The van der Waals surface area contributed by atoms with Crippen LogP contribution in [0.5, 0.6) is 0 Å². The van der Waals surface area contributed by atoms with Gasteiger partial charge in [-0.15, -0.1) is 11.3 Å². The van der Waals surface area contributed by atoms with Gasteiger partial charge in [-0.1, -0.05) is 0 Å². The van der Waals surface area contributed by atoms with Crippen molar-refractivity contribution in [2.75, 3.05) is 5.75 Å². The number of thiazole rings is 1. The summed E-state index contributed by atoms with van der Waals surface area (Å²) in [6.45, 7) is 3.24. The van der Waals surface area contributed by atoms with Crippen LogP contribution < -0.4 is 5.32 Å². The van der Waals surface area contributed by atoms with E-state index >= 15 is 0 Å². The van der Waals surface area contributed by atoms with Crippen LogP contribution in [-0.4, -0.2) is 33.8 Å². The summed E-state index contributed by atoms with van der Waals surface area (Å²) >= 11 is 3.02. The highest BCUT2D eigenvalue weighted by Crippen LogP contribution is 2.15. The molecular weight excluding hydrogens is 260 g/mol. The molecule has 2 N–H and O–H groups in total. The van der Waals surface area contributed by atoms with E-state index in [1.54, 1.807) is 11.3 Å². The summed E-state index contributed by atoms with van der Waals surface area (Å²) in [5.41, 5.74) is 0.949. The highest BCUT2D eigenvalue weighted by Gasteiger charge is 2.18. The first-order valence-corrected chi connectivity index (χ1v) is 7.01. The number of aliphatic carboxylic acids is 1. The van der Waals surface area contributed by atoms with Crippen molar-refractivity contribution in [1.29, 1.82) is 0 Å². The zero-order chi connectivity index (χ0) is 12.8. The summed E-state index contributed by atoms with van der Waals surface area (Å²) in [4.78, 5) is 25.9. The minimum absolute atomic E-state index is 0.331. The van der Waals surface area contributed by atoms with Crippen molar-refractivity contribution < 1.29 is 14.7 Å². The normalized spacial score (nSPS) is 12.1. The maximum atomic E-state index is 10.8. The zero-order valence-electron chi connectivity index (χ0n) is 9.60. The third-order valence-corrected chi connectivity index (χ3v) is 3.77. The van der Waals surface area contributed by atoms with E-state index in [1.165, 1.54) is 18.7 Å². The molecule has 1 unspecified atom stereocenters. The largest absolute Gasteiger partial charge is 0.480 e. The van der Waals surface area contributed by atoms with Gasteiger partial charge < -0.3 is 10.4 Å². The van der Waals surface area contributed by atoms with Crippen molar-refractivity contribution >= 4 is 35.0 Å². The number of nitrogens with one attached hydrogen (secondary N) is 1. The first kappa shape index (κ1) is 14.0. The highest BCUT2D eigenvalue weighted by atomic mass is 32.2. The first-order valence-electron chi connectivity index (χ1n) is 4.97. The van der Waals surface area contributed by atoms with Gasteiger partial charge in [0.15, 0.2) is 0 Å². The summed E-state index contributed by atoms with van der Waals surface area (Å²) in [6.07, 6.45) is 0. The van der Waals surface area contributed by atoms with Gasteiger partial charge in [-0.05, 0) is 6.92 Å². The molecule has 1 heterocycles. The number of carboxylic acids is 1. The summed E-state index contributed by atoms with van der Waals surface area (Å²) in [5.74, 6) is -0.344. The molecule has 0 aliphatic carbocycles. The number of thioether (sulfide) groups is 1. The van der Waals surface area contributed by atoms with Gasteiger partial charge in [0.05, 0.1) is 10.7 Å². The maximum absolute atomic E-state index is 10.8. The van der Waals surface area contributed by atoms with Crippen LogP contribution in [0.25, 0.3) is 0 Å². The predicted octanol–water partition coefficient (Wildman–Crippen LogP) is 1.27. The van der Waals surface area contributed by atoms with Crippen LogP contribution in [0.4, 0.5) is 0 Å². The molecule has 1 rings (SSSR count). The minimum Gasteiger partial charge on any atom is -0.480 e. The molecule has 0 aliphatic rings. The second kappa shape index (κ2) is 6.61. The van der Waals surface area contributed by atoms with Crippen molar-refractivity contribution in [2.24, 2.45) is 0 Å². The lowest BCUT2D eigenvalue weighted by molar-refractivity contribution is -0.140. The van der Waals surface area contributed by atoms with Gasteiger partial charge in [-0.3, -0.25) is 4.79 Å². The number of hydrogen-bond donors (Lipinski definition) is 2.